The lowest BCUT2D eigenvalue weighted by Gasteiger charge is -2.38. The molecule has 1 aliphatic rings. The average Bonchev–Trinajstić information content (AvgIpc) is 3.22. The van der Waals surface area contributed by atoms with Crippen LogP contribution in [0, 0.1) is 6.92 Å². The largest absolute Gasteiger partial charge is 0.436 e. The fourth-order valence-electron chi connectivity index (χ4n) is 4.22. The fraction of sp³-hybridized carbons (Fsp3) is 0.643. The zero-order valence-corrected chi connectivity index (χ0v) is 27.0. The number of benzene rings is 1. The molecule has 1 unspecified atom stereocenters. The minimum atomic E-state index is -2.08. The van der Waals surface area contributed by atoms with Crippen LogP contribution in [0.4, 0.5) is 0 Å². The SMILES string of the molecule is Cc1cn([C@H]2C[C@H](OP(Oc3ccccc3)N(C(C)C)C(C)C)[C@@H](CO[Si](C)(C)C(C)(C)C)O2)c(=O)[nH]c1=O. The molecular weight excluding hydrogens is 533 g/mol. The van der Waals surface area contributed by atoms with Gasteiger partial charge in [-0.25, -0.2) is 9.46 Å². The van der Waals surface area contributed by atoms with E-state index in [1.165, 1.54) is 4.57 Å². The minimum absolute atomic E-state index is 0.0312. The molecule has 11 heteroatoms. The van der Waals surface area contributed by atoms with E-state index in [-0.39, 0.29) is 17.1 Å². The lowest BCUT2D eigenvalue weighted by atomic mass is 10.2. The van der Waals surface area contributed by atoms with Crippen molar-refractivity contribution >= 4 is 16.8 Å². The van der Waals surface area contributed by atoms with Crippen LogP contribution in [0.3, 0.4) is 0 Å². The molecule has 0 saturated carbocycles. The summed E-state index contributed by atoms with van der Waals surface area (Å²) in [5, 5.41) is 0.0312. The molecule has 0 amide bonds. The van der Waals surface area contributed by atoms with E-state index in [4.69, 9.17) is 18.2 Å². The maximum atomic E-state index is 12.7. The summed E-state index contributed by atoms with van der Waals surface area (Å²) in [4.78, 5) is 27.1. The molecule has 0 aliphatic carbocycles. The van der Waals surface area contributed by atoms with Crippen LogP contribution in [-0.4, -0.2) is 53.4 Å². The van der Waals surface area contributed by atoms with Gasteiger partial charge in [0.25, 0.3) is 5.56 Å². The second-order valence-corrected chi connectivity index (χ2v) is 18.4. The van der Waals surface area contributed by atoms with E-state index >= 15 is 0 Å². The molecule has 4 atom stereocenters. The van der Waals surface area contributed by atoms with Crippen LogP contribution < -0.4 is 15.8 Å². The number of H-pyrrole nitrogens is 1. The van der Waals surface area contributed by atoms with Crippen LogP contribution in [0.1, 0.15) is 66.7 Å². The Morgan fingerprint density at radius 2 is 1.74 bits per heavy atom. The first-order valence-corrected chi connectivity index (χ1v) is 17.7. The molecule has 1 aromatic heterocycles. The Hall–Kier alpha value is -1.81. The van der Waals surface area contributed by atoms with Crippen molar-refractivity contribution in [2.24, 2.45) is 0 Å². The molecule has 1 saturated heterocycles. The van der Waals surface area contributed by atoms with Gasteiger partial charge in [0, 0.05) is 30.3 Å². The highest BCUT2D eigenvalue weighted by Crippen LogP contribution is 2.50. The molecule has 0 spiro atoms. The molecule has 1 fully saturated rings. The Morgan fingerprint density at radius 3 is 2.31 bits per heavy atom. The first-order chi connectivity index (χ1) is 18.1. The number of rotatable bonds is 11. The average molecular weight is 580 g/mol. The summed E-state index contributed by atoms with van der Waals surface area (Å²) in [6.45, 7) is 21.5. The van der Waals surface area contributed by atoms with Gasteiger partial charge in [-0.05, 0) is 64.9 Å². The molecule has 9 nitrogen and oxygen atoms in total. The van der Waals surface area contributed by atoms with Crippen LogP contribution in [-0.2, 0) is 13.7 Å². The number of aromatic amines is 1. The second-order valence-electron chi connectivity index (χ2n) is 12.3. The molecule has 0 radical (unpaired) electrons. The summed E-state index contributed by atoms with van der Waals surface area (Å²) < 4.78 is 30.0. The van der Waals surface area contributed by atoms with Gasteiger partial charge in [0.15, 0.2) is 8.32 Å². The molecule has 2 heterocycles. The van der Waals surface area contributed by atoms with E-state index in [1.807, 2.05) is 30.3 Å². The number of ether oxygens (including phenoxy) is 1. The monoisotopic (exact) mass is 579 g/mol. The van der Waals surface area contributed by atoms with Crippen LogP contribution >= 0.6 is 8.53 Å². The Balaban J connectivity index is 1.95. The lowest BCUT2D eigenvalue weighted by molar-refractivity contribution is -0.0405. The van der Waals surface area contributed by atoms with Crippen LogP contribution in [0.2, 0.25) is 18.1 Å². The van der Waals surface area contributed by atoms with Gasteiger partial charge in [-0.1, -0.05) is 39.0 Å². The Kier molecular flexibility index (Phi) is 10.4. The first kappa shape index (κ1) is 31.7. The van der Waals surface area contributed by atoms with E-state index in [9.17, 15) is 9.59 Å². The summed E-state index contributed by atoms with van der Waals surface area (Å²) in [6.07, 6.45) is 0.546. The van der Waals surface area contributed by atoms with Gasteiger partial charge in [0.05, 0.1) is 12.7 Å². The highest BCUT2D eigenvalue weighted by molar-refractivity contribution is 7.45. The number of nitrogens with one attached hydrogen (secondary N) is 1. The standard InChI is InChI=1S/C28H46N3O6PSi/c1-19(2)31(20(3)4)38(36-22-14-12-11-13-15-22)37-23-16-25(30-17-21(5)26(32)29-27(30)33)35-24(23)18-34-39(9,10)28(6,7)8/h11-15,17,19-20,23-25H,16,18H2,1-10H3,(H,29,32,33)/t23-,24+,25+,38?/m0/s1. The highest BCUT2D eigenvalue weighted by atomic mass is 31.2. The van der Waals surface area contributed by atoms with Crippen molar-refractivity contribution in [2.45, 2.75) is 110 Å². The Labute approximate surface area is 234 Å². The van der Waals surface area contributed by atoms with Gasteiger partial charge in [-0.2, -0.15) is 0 Å². The van der Waals surface area contributed by atoms with Crippen LogP contribution in [0.5, 0.6) is 5.75 Å². The molecular formula is C28H46N3O6PSi. The van der Waals surface area contributed by atoms with Crippen molar-refractivity contribution in [3.05, 3.63) is 62.9 Å². The van der Waals surface area contributed by atoms with Gasteiger partial charge in [0.1, 0.15) is 18.1 Å². The van der Waals surface area contributed by atoms with E-state index in [2.05, 4.69) is 71.2 Å². The van der Waals surface area contributed by atoms with Crippen molar-refractivity contribution in [1.29, 1.82) is 0 Å². The van der Waals surface area contributed by atoms with Crippen molar-refractivity contribution < 1.29 is 18.2 Å². The predicted octanol–water partition coefficient (Wildman–Crippen LogP) is 5.96. The third kappa shape index (κ3) is 7.90. The summed E-state index contributed by atoms with van der Waals surface area (Å²) in [5.74, 6) is 0.729. The molecule has 39 heavy (non-hydrogen) atoms. The zero-order valence-electron chi connectivity index (χ0n) is 25.1. The molecule has 1 aliphatic heterocycles. The van der Waals surface area contributed by atoms with Crippen LogP contribution in [0.25, 0.3) is 0 Å². The number of hydrogen-bond acceptors (Lipinski definition) is 7. The maximum absolute atomic E-state index is 12.7. The summed E-state index contributed by atoms with van der Waals surface area (Å²) in [5.41, 5.74) is -0.463. The van der Waals surface area contributed by atoms with E-state index in [1.54, 1.807) is 13.1 Å². The number of aromatic nitrogens is 2. The highest BCUT2D eigenvalue weighted by Gasteiger charge is 2.44. The normalized spacial score (nSPS) is 21.2. The summed E-state index contributed by atoms with van der Waals surface area (Å²) in [6, 6.07) is 10.0. The lowest BCUT2D eigenvalue weighted by Crippen LogP contribution is -2.44. The summed E-state index contributed by atoms with van der Waals surface area (Å²) in [7, 11) is -3.60. The van der Waals surface area contributed by atoms with Crippen molar-refractivity contribution in [2.75, 3.05) is 6.61 Å². The molecule has 1 aromatic carbocycles. The topological polar surface area (TPSA) is 95.0 Å². The van der Waals surface area contributed by atoms with Crippen molar-refractivity contribution in [1.82, 2.24) is 14.2 Å². The molecule has 1 N–H and O–H groups in total. The Bertz CT molecular complexity index is 1190. The van der Waals surface area contributed by atoms with Gasteiger partial charge in [0.2, 0.25) is 0 Å². The van der Waals surface area contributed by atoms with Gasteiger partial charge >= 0.3 is 14.2 Å². The van der Waals surface area contributed by atoms with Crippen LogP contribution in [0.15, 0.2) is 46.1 Å². The molecule has 0 bridgehead atoms. The van der Waals surface area contributed by atoms with Gasteiger partial charge in [-0.15, -0.1) is 0 Å². The van der Waals surface area contributed by atoms with E-state index < -0.39 is 46.5 Å². The quantitative estimate of drug-likeness (QED) is 0.259. The second kappa shape index (κ2) is 12.8. The number of nitrogens with zero attached hydrogens (tertiary/aromatic N) is 2. The van der Waals surface area contributed by atoms with E-state index in [0.717, 1.165) is 5.75 Å². The fourth-order valence-corrected chi connectivity index (χ4v) is 6.99. The van der Waals surface area contributed by atoms with Crippen molar-refractivity contribution in [3.8, 4) is 5.75 Å². The third-order valence-electron chi connectivity index (χ3n) is 7.45. The third-order valence-corrected chi connectivity index (χ3v) is 14.1. The number of hydrogen-bond donors (Lipinski definition) is 1. The number of aryl methyl sites for hydroxylation is 1. The van der Waals surface area contributed by atoms with E-state index in [0.29, 0.717) is 18.6 Å². The van der Waals surface area contributed by atoms with Gasteiger partial charge in [-0.3, -0.25) is 14.3 Å². The number of para-hydroxylation sites is 1. The minimum Gasteiger partial charge on any atom is -0.436 e. The summed E-state index contributed by atoms with van der Waals surface area (Å²) >= 11 is 0. The van der Waals surface area contributed by atoms with Gasteiger partial charge < -0.3 is 18.2 Å². The smallest absolute Gasteiger partial charge is 0.330 e. The molecule has 2 aromatic rings. The molecule has 218 valence electrons. The maximum Gasteiger partial charge on any atom is 0.330 e. The first-order valence-electron chi connectivity index (χ1n) is 13.7. The van der Waals surface area contributed by atoms with Crippen molar-refractivity contribution in [3.63, 3.8) is 0 Å². The zero-order chi connectivity index (χ0) is 29.1. The Morgan fingerprint density at radius 1 is 1.13 bits per heavy atom. The molecule has 3 rings (SSSR count). The predicted molar refractivity (Wildman–Crippen MR) is 159 cm³/mol.